The van der Waals surface area contributed by atoms with Crippen molar-refractivity contribution in [1.82, 2.24) is 0 Å². The second kappa shape index (κ2) is 5.98. The lowest BCUT2D eigenvalue weighted by atomic mass is 10.1. The van der Waals surface area contributed by atoms with Crippen molar-refractivity contribution in [2.24, 2.45) is 0 Å². The van der Waals surface area contributed by atoms with Crippen molar-refractivity contribution in [2.45, 2.75) is 44.6 Å². The van der Waals surface area contributed by atoms with Gasteiger partial charge in [0.15, 0.2) is 0 Å². The highest BCUT2D eigenvalue weighted by Crippen LogP contribution is 2.34. The number of nitrogen functional groups attached to an aromatic ring is 1. The summed E-state index contributed by atoms with van der Waals surface area (Å²) in [6, 6.07) is 6.63. The predicted octanol–water partition coefficient (Wildman–Crippen LogP) is 3.44. The first-order chi connectivity index (χ1) is 8.74. The maximum absolute atomic E-state index is 6.17. The Bertz CT molecular complexity index is 384. The molecule has 1 aliphatic carbocycles. The van der Waals surface area contributed by atoms with Crippen molar-refractivity contribution in [3.8, 4) is 5.75 Å². The Morgan fingerprint density at radius 2 is 1.83 bits per heavy atom. The van der Waals surface area contributed by atoms with Gasteiger partial charge in [0.05, 0.1) is 18.5 Å². The van der Waals surface area contributed by atoms with Gasteiger partial charge in [-0.15, -0.1) is 0 Å². The quantitative estimate of drug-likeness (QED) is 0.658. The zero-order valence-electron chi connectivity index (χ0n) is 11.5. The first kappa shape index (κ1) is 13.1. The monoisotopic (exact) mass is 248 g/mol. The van der Waals surface area contributed by atoms with Crippen LogP contribution in [0.15, 0.2) is 18.2 Å². The highest BCUT2D eigenvalue weighted by molar-refractivity contribution is 5.74. The van der Waals surface area contributed by atoms with E-state index in [1.807, 2.05) is 12.1 Å². The standard InChI is InChI=1S/C15H24N2O/c1-17(12-8-5-3-4-6-9-12)13-10-7-11-14(18-2)15(13)16/h7,10-12H,3-6,8-9,16H2,1-2H3. The van der Waals surface area contributed by atoms with Gasteiger partial charge in [-0.1, -0.05) is 31.7 Å². The Hall–Kier alpha value is -1.38. The second-order valence-corrected chi connectivity index (χ2v) is 5.15. The second-order valence-electron chi connectivity index (χ2n) is 5.15. The molecule has 0 aliphatic heterocycles. The fraction of sp³-hybridized carbons (Fsp3) is 0.600. The first-order valence-electron chi connectivity index (χ1n) is 6.89. The zero-order valence-corrected chi connectivity index (χ0v) is 11.5. The molecule has 2 N–H and O–H groups in total. The first-order valence-corrected chi connectivity index (χ1v) is 6.89. The molecular weight excluding hydrogens is 224 g/mol. The molecule has 1 aliphatic rings. The molecular formula is C15H24N2O. The van der Waals surface area contributed by atoms with Gasteiger partial charge in [-0.05, 0) is 25.0 Å². The van der Waals surface area contributed by atoms with Crippen LogP contribution in [0.2, 0.25) is 0 Å². The van der Waals surface area contributed by atoms with Gasteiger partial charge >= 0.3 is 0 Å². The van der Waals surface area contributed by atoms with Crippen LogP contribution in [0.3, 0.4) is 0 Å². The Morgan fingerprint density at radius 3 is 2.44 bits per heavy atom. The third-order valence-electron chi connectivity index (χ3n) is 4.02. The molecule has 3 nitrogen and oxygen atoms in total. The van der Waals surface area contributed by atoms with Crippen LogP contribution in [-0.2, 0) is 0 Å². The lowest BCUT2D eigenvalue weighted by Gasteiger charge is -2.30. The van der Waals surface area contributed by atoms with Gasteiger partial charge < -0.3 is 15.4 Å². The minimum atomic E-state index is 0.613. The fourth-order valence-electron chi connectivity index (χ4n) is 2.86. The van der Waals surface area contributed by atoms with Crippen molar-refractivity contribution in [3.05, 3.63) is 18.2 Å². The molecule has 0 radical (unpaired) electrons. The molecule has 1 aromatic rings. The van der Waals surface area contributed by atoms with Crippen molar-refractivity contribution in [1.29, 1.82) is 0 Å². The number of anilines is 2. The van der Waals surface area contributed by atoms with Crippen molar-refractivity contribution in [2.75, 3.05) is 24.8 Å². The summed E-state index contributed by atoms with van der Waals surface area (Å²) in [5.41, 5.74) is 8.03. The summed E-state index contributed by atoms with van der Waals surface area (Å²) in [5.74, 6) is 0.771. The third kappa shape index (κ3) is 2.71. The van der Waals surface area contributed by atoms with E-state index in [-0.39, 0.29) is 0 Å². The van der Waals surface area contributed by atoms with Crippen molar-refractivity contribution >= 4 is 11.4 Å². The van der Waals surface area contributed by atoms with E-state index in [9.17, 15) is 0 Å². The summed E-state index contributed by atoms with van der Waals surface area (Å²) in [7, 11) is 3.82. The fourth-order valence-corrected chi connectivity index (χ4v) is 2.86. The summed E-state index contributed by atoms with van der Waals surface area (Å²) >= 11 is 0. The molecule has 0 bridgehead atoms. The van der Waals surface area contributed by atoms with E-state index in [0.29, 0.717) is 6.04 Å². The highest BCUT2D eigenvalue weighted by atomic mass is 16.5. The SMILES string of the molecule is COc1cccc(N(C)C2CCCCCC2)c1N. The zero-order chi connectivity index (χ0) is 13.0. The predicted molar refractivity (Wildman–Crippen MR) is 77.3 cm³/mol. The summed E-state index contributed by atoms with van der Waals surface area (Å²) in [5, 5.41) is 0. The highest BCUT2D eigenvalue weighted by Gasteiger charge is 2.19. The van der Waals surface area contributed by atoms with Crippen LogP contribution < -0.4 is 15.4 Å². The van der Waals surface area contributed by atoms with Crippen LogP contribution in [0, 0.1) is 0 Å². The van der Waals surface area contributed by atoms with Crippen LogP contribution in [0.25, 0.3) is 0 Å². The average Bonchev–Trinajstić information content (AvgIpc) is 2.67. The molecule has 0 spiro atoms. The van der Waals surface area contributed by atoms with Gasteiger partial charge in [0.25, 0.3) is 0 Å². The van der Waals surface area contributed by atoms with E-state index in [4.69, 9.17) is 10.5 Å². The normalized spacial score (nSPS) is 17.2. The number of para-hydroxylation sites is 1. The molecule has 1 aromatic carbocycles. The molecule has 1 fully saturated rings. The smallest absolute Gasteiger partial charge is 0.143 e. The minimum absolute atomic E-state index is 0.613. The van der Waals surface area contributed by atoms with Crippen LogP contribution >= 0.6 is 0 Å². The number of benzene rings is 1. The largest absolute Gasteiger partial charge is 0.495 e. The van der Waals surface area contributed by atoms with Gasteiger partial charge in [0.2, 0.25) is 0 Å². The Balaban J connectivity index is 2.19. The van der Waals surface area contributed by atoms with Gasteiger partial charge in [0, 0.05) is 13.1 Å². The number of nitrogens with two attached hydrogens (primary N) is 1. The number of rotatable bonds is 3. The van der Waals surface area contributed by atoms with Crippen LogP contribution in [-0.4, -0.2) is 20.2 Å². The van der Waals surface area contributed by atoms with E-state index >= 15 is 0 Å². The molecule has 0 heterocycles. The number of hydrogen-bond donors (Lipinski definition) is 1. The molecule has 0 saturated heterocycles. The van der Waals surface area contributed by atoms with Crippen LogP contribution in [0.5, 0.6) is 5.75 Å². The number of nitrogens with zero attached hydrogens (tertiary/aromatic N) is 1. The van der Waals surface area contributed by atoms with E-state index < -0.39 is 0 Å². The molecule has 2 rings (SSSR count). The topological polar surface area (TPSA) is 38.5 Å². The van der Waals surface area contributed by atoms with Gasteiger partial charge in [-0.25, -0.2) is 0 Å². The molecule has 0 unspecified atom stereocenters. The average molecular weight is 248 g/mol. The third-order valence-corrected chi connectivity index (χ3v) is 4.02. The maximum atomic E-state index is 6.17. The van der Waals surface area contributed by atoms with Crippen molar-refractivity contribution < 1.29 is 4.74 Å². The molecule has 0 aromatic heterocycles. The Kier molecular flexibility index (Phi) is 4.34. The summed E-state index contributed by atoms with van der Waals surface area (Å²) in [4.78, 5) is 2.34. The molecule has 100 valence electrons. The maximum Gasteiger partial charge on any atom is 0.143 e. The molecule has 0 atom stereocenters. The van der Waals surface area contributed by atoms with E-state index in [1.165, 1.54) is 38.5 Å². The lowest BCUT2D eigenvalue weighted by molar-refractivity contribution is 0.417. The minimum Gasteiger partial charge on any atom is -0.495 e. The summed E-state index contributed by atoms with van der Waals surface area (Å²) < 4.78 is 5.30. The summed E-state index contributed by atoms with van der Waals surface area (Å²) in [6.45, 7) is 0. The van der Waals surface area contributed by atoms with Crippen LogP contribution in [0.4, 0.5) is 11.4 Å². The summed E-state index contributed by atoms with van der Waals surface area (Å²) in [6.07, 6.45) is 7.95. The molecule has 1 saturated carbocycles. The van der Waals surface area contributed by atoms with E-state index in [1.54, 1.807) is 7.11 Å². The molecule has 0 amide bonds. The Labute approximate surface area is 110 Å². The molecule has 18 heavy (non-hydrogen) atoms. The number of hydrogen-bond acceptors (Lipinski definition) is 3. The van der Waals surface area contributed by atoms with Crippen molar-refractivity contribution in [3.63, 3.8) is 0 Å². The van der Waals surface area contributed by atoms with E-state index in [0.717, 1.165) is 17.1 Å². The van der Waals surface area contributed by atoms with Gasteiger partial charge in [-0.2, -0.15) is 0 Å². The number of ether oxygens (including phenoxy) is 1. The number of methoxy groups -OCH3 is 1. The van der Waals surface area contributed by atoms with Gasteiger partial charge in [-0.3, -0.25) is 0 Å². The molecule has 3 heteroatoms. The Morgan fingerprint density at radius 1 is 1.17 bits per heavy atom. The van der Waals surface area contributed by atoms with E-state index in [2.05, 4.69) is 18.0 Å². The van der Waals surface area contributed by atoms with Gasteiger partial charge in [0.1, 0.15) is 5.75 Å². The lowest BCUT2D eigenvalue weighted by Crippen LogP contribution is -2.31. The van der Waals surface area contributed by atoms with Crippen LogP contribution in [0.1, 0.15) is 38.5 Å².